The fraction of sp³-hybridized carbons (Fsp3) is 0.538. The number of hydrogen-bond acceptors (Lipinski definition) is 17. The van der Waals surface area contributed by atoms with E-state index in [1.807, 2.05) is 40.2 Å². The van der Waals surface area contributed by atoms with E-state index in [1.165, 1.54) is 37.5 Å². The number of allylic oxidation sites excluding steroid dienone is 3. The first-order valence-electron chi connectivity index (χ1n) is 23.7. The van der Waals surface area contributed by atoms with Gasteiger partial charge in [-0.1, -0.05) is 62.7 Å². The van der Waals surface area contributed by atoms with E-state index >= 15 is 0 Å². The van der Waals surface area contributed by atoms with Crippen LogP contribution in [0.15, 0.2) is 59.3 Å². The van der Waals surface area contributed by atoms with Crippen LogP contribution >= 0.6 is 0 Å². The number of aliphatic hydroxyl groups is 3. The molecule has 9 unspecified atom stereocenters. The minimum atomic E-state index is -2.59. The number of aromatic amines is 1. The molecular formula is C52H68N4O14S2. The highest BCUT2D eigenvalue weighted by Gasteiger charge is 2.52. The first kappa shape index (κ1) is 56.2. The number of aromatic hydroxyl groups is 1. The van der Waals surface area contributed by atoms with Crippen LogP contribution in [0.3, 0.4) is 0 Å². The molecule has 3 aromatic rings. The number of nitrogens with one attached hydrogen (secondary N) is 3. The van der Waals surface area contributed by atoms with Crippen molar-refractivity contribution in [3.8, 4) is 29.4 Å². The molecule has 72 heavy (non-hydrogen) atoms. The van der Waals surface area contributed by atoms with Gasteiger partial charge in [-0.25, -0.2) is 14.6 Å². The number of esters is 1. The number of amides is 1. The molecule has 18 nitrogen and oxygen atoms in total. The summed E-state index contributed by atoms with van der Waals surface area (Å²) in [6, 6.07) is 5.99. The van der Waals surface area contributed by atoms with Crippen molar-refractivity contribution in [2.45, 2.75) is 127 Å². The average Bonchev–Trinajstić information content (AvgIpc) is 3.69. The summed E-state index contributed by atoms with van der Waals surface area (Å²) in [5, 5.41) is 54.6. The molecule has 0 bridgehead atoms. The Kier molecular flexibility index (Phi) is 18.3. The fourth-order valence-corrected chi connectivity index (χ4v) is 10.2. The van der Waals surface area contributed by atoms with Gasteiger partial charge in [0.2, 0.25) is 0 Å². The van der Waals surface area contributed by atoms with E-state index in [0.29, 0.717) is 27.6 Å². The standard InChI is InChI=1S/C52H68N4O14S2/c1-12-13-14-15-16-17-39(43-31(20-21-72(10,11,71)28(4)5)37(58)24-38(59)45(43)56-52(63)66-9)69-51-49(70-41-25-40(64-7)36(26-67-41)53-27(2)3)48(61)42(29(6)68-51)47(60)46-44-33(23-35(55-46)50(62)65-8)32-22-30(57)18-19-34(32)54-44/h14-15,18-20,22-23,27-29,36-37,39-42,47-49,51,53-54,57-58,60-61H,21,24-26H2,1-11H3,(H,56,63)/b15-14-,31-20-/t29?,36?,37-,39-,40?,41?,42?,47?,48?,49?,51?/m0/s1. The minimum absolute atomic E-state index is 0.00724. The molecule has 11 atom stereocenters. The van der Waals surface area contributed by atoms with Gasteiger partial charge in [0.25, 0.3) is 0 Å². The predicted molar refractivity (Wildman–Crippen MR) is 276 cm³/mol. The molecule has 2 fully saturated rings. The van der Waals surface area contributed by atoms with Gasteiger partial charge in [0.15, 0.2) is 18.4 Å². The number of rotatable bonds is 15. The van der Waals surface area contributed by atoms with Crippen LogP contribution in [0.2, 0.25) is 0 Å². The lowest BCUT2D eigenvalue weighted by Crippen LogP contribution is -2.60. The van der Waals surface area contributed by atoms with Crippen molar-refractivity contribution >= 4 is 58.6 Å². The number of phenolic OH excluding ortho intramolecular Hbond substituents is 1. The zero-order chi connectivity index (χ0) is 52.8. The molecule has 0 radical (unpaired) electrons. The number of carbonyl (C=O) groups is 3. The summed E-state index contributed by atoms with van der Waals surface area (Å²) in [5.74, 6) is 9.09. The Morgan fingerprint density at radius 3 is 2.44 bits per heavy atom. The monoisotopic (exact) mass is 1040 g/mol. The van der Waals surface area contributed by atoms with Gasteiger partial charge in [0.1, 0.15) is 29.8 Å². The van der Waals surface area contributed by atoms with Crippen LogP contribution in [0.4, 0.5) is 4.79 Å². The zero-order valence-corrected chi connectivity index (χ0v) is 44.1. The number of H-pyrrole nitrogens is 1. The third kappa shape index (κ3) is 12.6. The van der Waals surface area contributed by atoms with Crippen LogP contribution in [0.25, 0.3) is 21.8 Å². The van der Waals surface area contributed by atoms with Crippen LogP contribution in [0, 0.1) is 29.6 Å². The van der Waals surface area contributed by atoms with Gasteiger partial charge in [0.05, 0.1) is 68.2 Å². The molecule has 1 amide bonds. The number of carbonyl (C=O) groups excluding carboxylic acids is 3. The van der Waals surface area contributed by atoms with Crippen molar-refractivity contribution in [3.05, 3.63) is 70.7 Å². The van der Waals surface area contributed by atoms with Crippen LogP contribution < -0.4 is 10.6 Å². The molecule has 2 saturated heterocycles. The van der Waals surface area contributed by atoms with Gasteiger partial charge in [0, 0.05) is 59.5 Å². The number of Topliss-reactive ketones (excluding diaryl/α,β-unsaturated/α-hetero) is 1. The average molecular weight is 1040 g/mol. The fourth-order valence-electron chi connectivity index (χ4n) is 8.91. The molecule has 0 spiro atoms. The number of hydrogen-bond donors (Lipinski definition) is 7. The van der Waals surface area contributed by atoms with Gasteiger partial charge < -0.3 is 63.9 Å². The molecule has 7 N–H and O–H groups in total. The number of phenols is 1. The second-order valence-corrected chi connectivity index (χ2v) is 28.2. The summed E-state index contributed by atoms with van der Waals surface area (Å²) < 4.78 is 42.4. The van der Waals surface area contributed by atoms with Crippen molar-refractivity contribution < 1.29 is 68.0 Å². The van der Waals surface area contributed by atoms with E-state index in [-0.39, 0.29) is 64.3 Å². The lowest BCUT2D eigenvalue weighted by molar-refractivity contribution is -0.338. The summed E-state index contributed by atoms with van der Waals surface area (Å²) in [4.78, 5) is 47.9. The molecule has 392 valence electrons. The van der Waals surface area contributed by atoms with Gasteiger partial charge >= 0.3 is 12.1 Å². The molecule has 1 aromatic carbocycles. The Bertz CT molecular complexity index is 2810. The van der Waals surface area contributed by atoms with Gasteiger partial charge in [-0.05, 0) is 73.6 Å². The maximum absolute atomic E-state index is 14.0. The van der Waals surface area contributed by atoms with E-state index in [0.717, 1.165) is 7.11 Å². The van der Waals surface area contributed by atoms with Gasteiger partial charge in [-0.2, -0.15) is 7.72 Å². The Balaban J connectivity index is 1.52. The highest BCUT2D eigenvalue weighted by molar-refractivity contribution is 8.51. The number of alkyl carbamates (subject to hydrolysis) is 1. The molecule has 0 saturated carbocycles. The Morgan fingerprint density at radius 2 is 1.79 bits per heavy atom. The van der Waals surface area contributed by atoms with Gasteiger partial charge in [-0.15, -0.1) is 5.92 Å². The first-order valence-corrected chi connectivity index (χ1v) is 27.7. The predicted octanol–water partition coefficient (Wildman–Crippen LogP) is 4.13. The van der Waals surface area contributed by atoms with Crippen molar-refractivity contribution in [2.24, 2.45) is 5.92 Å². The highest BCUT2D eigenvalue weighted by atomic mass is 32.9. The lowest BCUT2D eigenvalue weighted by atomic mass is 9.82. The molecule has 3 aliphatic rings. The number of methoxy groups -OCH3 is 3. The number of aliphatic hydroxyl groups excluding tert-OH is 3. The van der Waals surface area contributed by atoms with Gasteiger partial charge in [-0.3, -0.25) is 10.1 Å². The SMILES string of the molecule is CC#C/C=C\C#C[C@H](OC1OC(C)C(C(O)c2nc(C(=O)OC)cc3c2[nH]c2ccc(O)cc23)C(O)C1OC1CC(OC)C(NC(C)C)CO1)C1=C(NC(=O)OC)C(=O)C[C@H](O)/C1=C/CS(C)(C)(=S)C(C)C. The van der Waals surface area contributed by atoms with Crippen molar-refractivity contribution in [3.63, 3.8) is 0 Å². The normalized spacial score (nSPS) is 27.0. The van der Waals surface area contributed by atoms with Crippen molar-refractivity contribution in [2.75, 3.05) is 46.2 Å². The number of pyridine rings is 1. The summed E-state index contributed by atoms with van der Waals surface area (Å²) in [5.41, 5.74) is 0.645. The number of nitrogens with zero attached hydrogens (tertiary/aromatic N) is 1. The summed E-state index contributed by atoms with van der Waals surface area (Å²) in [6.45, 7) is 11.5. The summed E-state index contributed by atoms with van der Waals surface area (Å²) in [7, 11) is 1.32. The Morgan fingerprint density at radius 1 is 1.07 bits per heavy atom. The quantitative estimate of drug-likeness (QED) is 0.0835. The molecule has 2 aliphatic heterocycles. The van der Waals surface area contributed by atoms with Crippen LogP contribution in [0.1, 0.15) is 76.7 Å². The first-order chi connectivity index (χ1) is 34.0. The molecule has 4 heterocycles. The van der Waals surface area contributed by atoms with Crippen LogP contribution in [-0.4, -0.2) is 161 Å². The smallest absolute Gasteiger partial charge is 0.411 e. The number of ketones is 1. The maximum atomic E-state index is 14.0. The number of benzene rings is 1. The topological polar surface area (TPSA) is 249 Å². The molecular weight excluding hydrogens is 969 g/mol. The van der Waals surface area contributed by atoms with E-state index in [1.54, 1.807) is 33.1 Å². The molecule has 2 aromatic heterocycles. The van der Waals surface area contributed by atoms with E-state index in [9.17, 15) is 34.8 Å². The number of fused-ring (bicyclic) bond motifs is 3. The Labute approximate surface area is 424 Å². The second kappa shape index (κ2) is 23.4. The largest absolute Gasteiger partial charge is 0.508 e. The van der Waals surface area contributed by atoms with Crippen molar-refractivity contribution in [1.82, 2.24) is 20.6 Å². The van der Waals surface area contributed by atoms with Crippen LogP contribution in [-0.2, 0) is 56.9 Å². The Hall–Kier alpha value is -5.07. The second-order valence-electron chi connectivity index (χ2n) is 19.3. The third-order valence-electron chi connectivity index (χ3n) is 13.4. The zero-order valence-electron chi connectivity index (χ0n) is 42.5. The van der Waals surface area contributed by atoms with Crippen LogP contribution in [0.5, 0.6) is 5.75 Å². The van der Waals surface area contributed by atoms with E-state index in [4.69, 9.17) is 44.3 Å². The lowest BCUT2D eigenvalue weighted by Gasteiger charge is -2.47. The summed E-state index contributed by atoms with van der Waals surface area (Å²) >= 11 is 6.25. The molecule has 1 aliphatic carbocycles. The highest BCUT2D eigenvalue weighted by Crippen LogP contribution is 2.43. The molecule has 6 rings (SSSR count). The third-order valence-corrected chi connectivity index (χ3v) is 19.1. The number of ether oxygens (including phenoxy) is 7. The number of aromatic nitrogens is 2. The van der Waals surface area contributed by atoms with E-state index in [2.05, 4.69) is 44.3 Å². The van der Waals surface area contributed by atoms with Crippen molar-refractivity contribution in [1.29, 1.82) is 0 Å². The van der Waals surface area contributed by atoms with E-state index < -0.39 is 93.2 Å². The molecule has 20 heteroatoms. The minimum Gasteiger partial charge on any atom is -0.508 e. The maximum Gasteiger partial charge on any atom is 0.411 e. The summed E-state index contributed by atoms with van der Waals surface area (Å²) in [6.07, 6.45) is -4.30.